The molecule has 42 valence electrons. The van der Waals surface area contributed by atoms with Gasteiger partial charge in [-0.2, -0.15) is 4.37 Å². The van der Waals surface area contributed by atoms with Crippen molar-refractivity contribution in [3.8, 4) is 0 Å². The molecule has 4 heteroatoms. The molecular formula is C4H4N2S2. The minimum absolute atomic E-state index is 0.367. The molecule has 0 aliphatic heterocycles. The van der Waals surface area contributed by atoms with Gasteiger partial charge in [-0.1, -0.05) is 12.2 Å². The second kappa shape index (κ2) is 2.19. The van der Waals surface area contributed by atoms with E-state index in [2.05, 4.69) is 16.6 Å². The Balaban J connectivity index is 2.93. The summed E-state index contributed by atoms with van der Waals surface area (Å²) < 4.78 is 3.89. The lowest BCUT2D eigenvalue weighted by Gasteiger charge is -1.83. The van der Waals surface area contributed by atoms with Crippen LogP contribution in [-0.4, -0.2) is 9.36 Å². The van der Waals surface area contributed by atoms with Gasteiger partial charge in [0.15, 0.2) is 0 Å². The van der Waals surface area contributed by atoms with Crippen LogP contribution in [0.15, 0.2) is 11.4 Å². The fraction of sp³-hybridized carbons (Fsp3) is 0. The van der Waals surface area contributed by atoms with Crippen molar-refractivity contribution in [1.29, 1.82) is 0 Å². The standard InChI is InChI=1S/C4H4N2S2/c5-4(7)3-1-2-8-6-3/h1-2H,(H2,5,7). The third-order valence-electron chi connectivity index (χ3n) is 0.690. The first-order chi connectivity index (χ1) is 3.80. The van der Waals surface area contributed by atoms with E-state index in [-0.39, 0.29) is 0 Å². The van der Waals surface area contributed by atoms with Crippen LogP contribution in [0.25, 0.3) is 0 Å². The van der Waals surface area contributed by atoms with Gasteiger partial charge in [0.25, 0.3) is 0 Å². The minimum Gasteiger partial charge on any atom is -0.388 e. The SMILES string of the molecule is NC(=S)c1ccsn1. The van der Waals surface area contributed by atoms with Gasteiger partial charge >= 0.3 is 0 Å². The lowest BCUT2D eigenvalue weighted by atomic mass is 10.4. The smallest absolute Gasteiger partial charge is 0.123 e. The molecule has 0 atom stereocenters. The summed E-state index contributed by atoms with van der Waals surface area (Å²) in [6.45, 7) is 0. The lowest BCUT2D eigenvalue weighted by molar-refractivity contribution is 1.50. The monoisotopic (exact) mass is 144 g/mol. The summed E-state index contributed by atoms with van der Waals surface area (Å²) in [4.78, 5) is 0.367. The summed E-state index contributed by atoms with van der Waals surface area (Å²) in [5, 5.41) is 1.84. The molecule has 1 aromatic heterocycles. The molecule has 0 amide bonds. The summed E-state index contributed by atoms with van der Waals surface area (Å²) in [7, 11) is 0. The van der Waals surface area contributed by atoms with Crippen LogP contribution in [0, 0.1) is 0 Å². The maximum atomic E-state index is 5.23. The topological polar surface area (TPSA) is 38.9 Å². The van der Waals surface area contributed by atoms with Gasteiger partial charge in [0.2, 0.25) is 0 Å². The molecule has 0 saturated carbocycles. The fourth-order valence-electron chi connectivity index (χ4n) is 0.340. The Morgan fingerprint density at radius 1 is 1.88 bits per heavy atom. The van der Waals surface area contributed by atoms with E-state index >= 15 is 0 Å². The fourth-order valence-corrected chi connectivity index (χ4v) is 1.03. The average Bonchev–Trinajstić information content (AvgIpc) is 2.12. The second-order valence-corrected chi connectivity index (χ2v) is 2.35. The summed E-state index contributed by atoms with van der Waals surface area (Å²) >= 11 is 5.99. The van der Waals surface area contributed by atoms with Crippen LogP contribution in [0.3, 0.4) is 0 Å². The number of thiocarbonyl (C=S) groups is 1. The molecule has 8 heavy (non-hydrogen) atoms. The first-order valence-electron chi connectivity index (χ1n) is 2.01. The van der Waals surface area contributed by atoms with Crippen LogP contribution in [0.1, 0.15) is 5.69 Å². The largest absolute Gasteiger partial charge is 0.388 e. The molecular weight excluding hydrogens is 140 g/mol. The van der Waals surface area contributed by atoms with Crippen LogP contribution < -0.4 is 5.73 Å². The summed E-state index contributed by atoms with van der Waals surface area (Å²) in [6.07, 6.45) is 0. The number of nitrogens with zero attached hydrogens (tertiary/aromatic N) is 1. The lowest BCUT2D eigenvalue weighted by Crippen LogP contribution is -2.08. The maximum absolute atomic E-state index is 5.23. The van der Waals surface area contributed by atoms with Gasteiger partial charge in [-0.3, -0.25) is 0 Å². The molecule has 0 aromatic carbocycles. The van der Waals surface area contributed by atoms with E-state index in [0.29, 0.717) is 10.7 Å². The van der Waals surface area contributed by atoms with Gasteiger partial charge in [-0.15, -0.1) is 0 Å². The van der Waals surface area contributed by atoms with E-state index in [1.807, 2.05) is 5.38 Å². The molecule has 1 aromatic rings. The third kappa shape index (κ3) is 1.02. The van der Waals surface area contributed by atoms with E-state index in [0.717, 1.165) is 0 Å². The zero-order valence-electron chi connectivity index (χ0n) is 4.00. The highest BCUT2D eigenvalue weighted by molar-refractivity contribution is 7.80. The first-order valence-corrected chi connectivity index (χ1v) is 3.25. The molecule has 0 radical (unpaired) electrons. The molecule has 2 nitrogen and oxygen atoms in total. The first kappa shape index (κ1) is 5.65. The van der Waals surface area contributed by atoms with Crippen molar-refractivity contribution in [2.75, 3.05) is 0 Å². The van der Waals surface area contributed by atoms with Gasteiger partial charge in [-0.25, -0.2) is 0 Å². The summed E-state index contributed by atoms with van der Waals surface area (Å²) in [6, 6.07) is 1.80. The molecule has 0 fully saturated rings. The molecule has 0 unspecified atom stereocenters. The van der Waals surface area contributed by atoms with Crippen molar-refractivity contribution in [3.63, 3.8) is 0 Å². The maximum Gasteiger partial charge on any atom is 0.123 e. The molecule has 1 heterocycles. The van der Waals surface area contributed by atoms with E-state index in [1.54, 1.807) is 6.07 Å². The molecule has 0 bridgehead atoms. The van der Waals surface area contributed by atoms with Crippen LogP contribution >= 0.6 is 23.8 Å². The molecule has 0 saturated heterocycles. The predicted molar refractivity (Wildman–Crippen MR) is 38.0 cm³/mol. The normalized spacial score (nSPS) is 9.00. The zero-order chi connectivity index (χ0) is 5.98. The third-order valence-corrected chi connectivity index (χ3v) is 1.46. The highest BCUT2D eigenvalue weighted by Gasteiger charge is 1.93. The molecule has 0 spiro atoms. The van der Waals surface area contributed by atoms with Crippen molar-refractivity contribution in [2.45, 2.75) is 0 Å². The summed E-state index contributed by atoms with van der Waals surface area (Å²) in [5.41, 5.74) is 5.95. The van der Waals surface area contributed by atoms with Crippen molar-refractivity contribution in [3.05, 3.63) is 17.1 Å². The van der Waals surface area contributed by atoms with Crippen LogP contribution in [0.2, 0.25) is 0 Å². The minimum atomic E-state index is 0.367. The number of rotatable bonds is 1. The number of aromatic nitrogens is 1. The highest BCUT2D eigenvalue weighted by Crippen LogP contribution is 1.97. The summed E-state index contributed by atoms with van der Waals surface area (Å²) in [5.74, 6) is 0. The molecule has 1 rings (SSSR count). The number of nitrogens with two attached hydrogens (primary N) is 1. The van der Waals surface area contributed by atoms with Crippen LogP contribution in [-0.2, 0) is 0 Å². The highest BCUT2D eigenvalue weighted by atomic mass is 32.1. The Kier molecular flexibility index (Phi) is 1.55. The van der Waals surface area contributed by atoms with E-state index in [9.17, 15) is 0 Å². The van der Waals surface area contributed by atoms with Crippen molar-refractivity contribution in [2.24, 2.45) is 5.73 Å². The Bertz CT molecular complexity index is 180. The zero-order valence-corrected chi connectivity index (χ0v) is 5.63. The van der Waals surface area contributed by atoms with Crippen LogP contribution in [0.4, 0.5) is 0 Å². The molecule has 0 aliphatic carbocycles. The van der Waals surface area contributed by atoms with Gasteiger partial charge in [0, 0.05) is 5.38 Å². The predicted octanol–water partition coefficient (Wildman–Crippen LogP) is 0.777. The van der Waals surface area contributed by atoms with Gasteiger partial charge in [0.1, 0.15) is 10.7 Å². The Hall–Kier alpha value is -0.480. The van der Waals surface area contributed by atoms with Crippen molar-refractivity contribution in [1.82, 2.24) is 4.37 Å². The quantitative estimate of drug-likeness (QED) is 0.592. The van der Waals surface area contributed by atoms with Gasteiger partial charge in [-0.05, 0) is 17.6 Å². The van der Waals surface area contributed by atoms with Gasteiger partial charge in [0.05, 0.1) is 0 Å². The Labute approximate surface area is 56.5 Å². The number of hydrogen-bond acceptors (Lipinski definition) is 3. The van der Waals surface area contributed by atoms with E-state index in [1.165, 1.54) is 11.5 Å². The number of hydrogen-bond donors (Lipinski definition) is 1. The molecule has 2 N–H and O–H groups in total. The average molecular weight is 144 g/mol. The Morgan fingerprint density at radius 3 is 2.88 bits per heavy atom. The van der Waals surface area contributed by atoms with E-state index < -0.39 is 0 Å². The van der Waals surface area contributed by atoms with Crippen LogP contribution in [0.5, 0.6) is 0 Å². The van der Waals surface area contributed by atoms with Gasteiger partial charge < -0.3 is 5.73 Å². The van der Waals surface area contributed by atoms with Crippen molar-refractivity contribution < 1.29 is 0 Å². The van der Waals surface area contributed by atoms with E-state index in [4.69, 9.17) is 5.73 Å². The molecule has 0 aliphatic rings. The van der Waals surface area contributed by atoms with Crippen molar-refractivity contribution >= 4 is 28.7 Å². The Morgan fingerprint density at radius 2 is 2.62 bits per heavy atom. The second-order valence-electron chi connectivity index (χ2n) is 1.25.